The number of carbonyl (C=O) groups excluding carboxylic acids is 2. The van der Waals surface area contributed by atoms with Crippen LogP contribution in [0.25, 0.3) is 0 Å². The Bertz CT molecular complexity index is 534. The topological polar surface area (TPSA) is 58.6 Å². The number of rotatable bonds is 6. The zero-order chi connectivity index (χ0) is 16.7. The Balaban J connectivity index is 0.00000288. The van der Waals surface area contributed by atoms with Crippen molar-refractivity contribution in [2.45, 2.75) is 33.1 Å². The van der Waals surface area contributed by atoms with Crippen molar-refractivity contribution < 1.29 is 14.3 Å². The molecule has 1 aromatic rings. The van der Waals surface area contributed by atoms with Gasteiger partial charge in [0.05, 0.1) is 12.5 Å². The number of nitrogens with one attached hydrogen (secondary N) is 1. The molecule has 5 nitrogen and oxygen atoms in total. The third kappa shape index (κ3) is 6.49. The van der Waals surface area contributed by atoms with Gasteiger partial charge in [0, 0.05) is 25.2 Å². The van der Waals surface area contributed by atoms with Gasteiger partial charge in [0.25, 0.3) is 0 Å². The number of halogens is 1. The average Bonchev–Trinajstić information content (AvgIpc) is 2.56. The lowest BCUT2D eigenvalue weighted by atomic mass is 9.98. The fourth-order valence-corrected chi connectivity index (χ4v) is 2.83. The predicted molar refractivity (Wildman–Crippen MR) is 97.5 cm³/mol. The highest BCUT2D eigenvalue weighted by Crippen LogP contribution is 2.18. The molecule has 1 amide bonds. The molecule has 0 saturated carbocycles. The zero-order valence-corrected chi connectivity index (χ0v) is 15.2. The number of aryl methyl sites for hydroxylation is 1. The predicted octanol–water partition coefficient (Wildman–Crippen LogP) is 3.02. The molecular formula is C18H27ClN2O3. The molecule has 1 N–H and O–H groups in total. The molecule has 1 aliphatic rings. The van der Waals surface area contributed by atoms with Crippen molar-refractivity contribution in [3.05, 3.63) is 29.8 Å². The van der Waals surface area contributed by atoms with E-state index in [9.17, 15) is 9.59 Å². The van der Waals surface area contributed by atoms with Gasteiger partial charge in [0.2, 0.25) is 5.91 Å². The Morgan fingerprint density at radius 1 is 1.29 bits per heavy atom. The first kappa shape index (κ1) is 20.5. The third-order valence-corrected chi connectivity index (χ3v) is 4.12. The summed E-state index contributed by atoms with van der Waals surface area (Å²) in [6, 6.07) is 7.77. The van der Waals surface area contributed by atoms with Crippen molar-refractivity contribution in [3.63, 3.8) is 0 Å². The maximum atomic E-state index is 12.0. The van der Waals surface area contributed by atoms with Gasteiger partial charge in [-0.2, -0.15) is 0 Å². The van der Waals surface area contributed by atoms with Crippen molar-refractivity contribution >= 4 is 30.0 Å². The normalized spacial score (nSPS) is 17.7. The Kier molecular flexibility index (Phi) is 8.79. The molecule has 1 aromatic carbocycles. The van der Waals surface area contributed by atoms with E-state index in [1.807, 2.05) is 38.1 Å². The first-order valence-electron chi connectivity index (χ1n) is 8.34. The Morgan fingerprint density at radius 3 is 2.67 bits per heavy atom. The van der Waals surface area contributed by atoms with Crippen LogP contribution in [0.3, 0.4) is 0 Å². The lowest BCUT2D eigenvalue weighted by molar-refractivity contribution is -0.149. The van der Waals surface area contributed by atoms with E-state index in [0.717, 1.165) is 25.1 Å². The number of ether oxygens (including phenoxy) is 1. The highest BCUT2D eigenvalue weighted by molar-refractivity contribution is 5.90. The minimum absolute atomic E-state index is 0. The fourth-order valence-electron chi connectivity index (χ4n) is 2.83. The molecule has 0 radical (unpaired) electrons. The molecule has 0 spiro atoms. The number of esters is 1. The van der Waals surface area contributed by atoms with E-state index in [1.165, 1.54) is 5.56 Å². The number of amides is 1. The Labute approximate surface area is 150 Å². The highest BCUT2D eigenvalue weighted by atomic mass is 35.5. The molecule has 1 heterocycles. The van der Waals surface area contributed by atoms with E-state index >= 15 is 0 Å². The minimum atomic E-state index is -0.110. The molecule has 1 unspecified atom stereocenters. The molecule has 6 heteroatoms. The number of benzene rings is 1. The lowest BCUT2D eigenvalue weighted by Crippen LogP contribution is -2.40. The van der Waals surface area contributed by atoms with Crippen LogP contribution in [0.15, 0.2) is 24.3 Å². The van der Waals surface area contributed by atoms with Crippen LogP contribution in [0.5, 0.6) is 0 Å². The average molecular weight is 355 g/mol. The summed E-state index contributed by atoms with van der Waals surface area (Å²) in [4.78, 5) is 26.0. The second kappa shape index (κ2) is 10.3. The van der Waals surface area contributed by atoms with Crippen molar-refractivity contribution in [1.29, 1.82) is 0 Å². The quantitative estimate of drug-likeness (QED) is 0.798. The molecule has 134 valence electrons. The number of hydrogen-bond donors (Lipinski definition) is 1. The van der Waals surface area contributed by atoms with E-state index in [1.54, 1.807) is 0 Å². The smallest absolute Gasteiger partial charge is 0.310 e. The second-order valence-electron chi connectivity index (χ2n) is 6.06. The molecule has 0 aliphatic carbocycles. The first-order chi connectivity index (χ1) is 11.1. The maximum absolute atomic E-state index is 12.0. The van der Waals surface area contributed by atoms with Crippen LogP contribution in [-0.4, -0.2) is 43.0 Å². The van der Waals surface area contributed by atoms with Gasteiger partial charge in [0.1, 0.15) is 0 Å². The van der Waals surface area contributed by atoms with Crippen molar-refractivity contribution in [2.24, 2.45) is 5.92 Å². The molecule has 0 bridgehead atoms. The number of hydrogen-bond acceptors (Lipinski definition) is 4. The summed E-state index contributed by atoms with van der Waals surface area (Å²) >= 11 is 0. The SMILES string of the molecule is CCOC(=O)C1CCCN(CCC(=O)Nc2ccc(C)cc2)C1.Cl. The summed E-state index contributed by atoms with van der Waals surface area (Å²) in [5.41, 5.74) is 1.99. The van der Waals surface area contributed by atoms with Crippen LogP contribution in [-0.2, 0) is 14.3 Å². The maximum Gasteiger partial charge on any atom is 0.310 e. The number of likely N-dealkylation sites (tertiary alicyclic amines) is 1. The largest absolute Gasteiger partial charge is 0.466 e. The molecule has 1 aliphatic heterocycles. The summed E-state index contributed by atoms with van der Waals surface area (Å²) in [5, 5.41) is 2.91. The summed E-state index contributed by atoms with van der Waals surface area (Å²) in [7, 11) is 0. The third-order valence-electron chi connectivity index (χ3n) is 4.12. The van der Waals surface area contributed by atoms with Crippen LogP contribution < -0.4 is 5.32 Å². The number of carbonyl (C=O) groups is 2. The molecule has 1 saturated heterocycles. The van der Waals surface area contributed by atoms with Gasteiger partial charge in [-0.3, -0.25) is 9.59 Å². The summed E-state index contributed by atoms with van der Waals surface area (Å²) in [6.45, 7) is 6.57. The van der Waals surface area contributed by atoms with Gasteiger partial charge in [-0.05, 0) is 45.4 Å². The van der Waals surface area contributed by atoms with Crippen molar-refractivity contribution in [3.8, 4) is 0 Å². The number of nitrogens with zero attached hydrogens (tertiary/aromatic N) is 1. The van der Waals surface area contributed by atoms with E-state index in [-0.39, 0.29) is 30.2 Å². The van der Waals surface area contributed by atoms with E-state index in [4.69, 9.17) is 4.74 Å². The summed E-state index contributed by atoms with van der Waals surface area (Å²) in [5.74, 6) is -0.155. The fraction of sp³-hybridized carbons (Fsp3) is 0.556. The highest BCUT2D eigenvalue weighted by Gasteiger charge is 2.26. The van der Waals surface area contributed by atoms with Gasteiger partial charge >= 0.3 is 5.97 Å². The second-order valence-corrected chi connectivity index (χ2v) is 6.06. The molecule has 24 heavy (non-hydrogen) atoms. The van der Waals surface area contributed by atoms with E-state index < -0.39 is 0 Å². The zero-order valence-electron chi connectivity index (χ0n) is 14.4. The number of piperidine rings is 1. The van der Waals surface area contributed by atoms with Gasteiger partial charge < -0.3 is 15.0 Å². The summed E-state index contributed by atoms with van der Waals surface area (Å²) < 4.78 is 5.10. The molecule has 1 atom stereocenters. The van der Waals surface area contributed by atoms with E-state index in [0.29, 0.717) is 26.1 Å². The Morgan fingerprint density at radius 2 is 2.00 bits per heavy atom. The van der Waals surface area contributed by atoms with Crippen LogP contribution in [0, 0.1) is 12.8 Å². The van der Waals surface area contributed by atoms with E-state index in [2.05, 4.69) is 10.2 Å². The van der Waals surface area contributed by atoms with Crippen LogP contribution >= 0.6 is 12.4 Å². The lowest BCUT2D eigenvalue weighted by Gasteiger charge is -2.31. The monoisotopic (exact) mass is 354 g/mol. The molecule has 0 aromatic heterocycles. The number of anilines is 1. The summed E-state index contributed by atoms with van der Waals surface area (Å²) in [6.07, 6.45) is 2.29. The van der Waals surface area contributed by atoms with Gasteiger partial charge in [-0.15, -0.1) is 12.4 Å². The molecular weight excluding hydrogens is 328 g/mol. The van der Waals surface area contributed by atoms with Crippen LogP contribution in [0.2, 0.25) is 0 Å². The Hall–Kier alpha value is -1.59. The van der Waals surface area contributed by atoms with Gasteiger partial charge in [-0.25, -0.2) is 0 Å². The first-order valence-corrected chi connectivity index (χ1v) is 8.34. The standard InChI is InChI=1S/C18H26N2O3.ClH/c1-3-23-18(22)15-5-4-11-20(13-15)12-10-17(21)19-16-8-6-14(2)7-9-16;/h6-9,15H,3-5,10-13H2,1-2H3,(H,19,21);1H. The minimum Gasteiger partial charge on any atom is -0.466 e. The molecule has 1 fully saturated rings. The molecule has 2 rings (SSSR count). The van der Waals surface area contributed by atoms with Crippen molar-refractivity contribution in [2.75, 3.05) is 31.6 Å². The van der Waals surface area contributed by atoms with Crippen LogP contribution in [0.4, 0.5) is 5.69 Å². The van der Waals surface area contributed by atoms with Gasteiger partial charge in [-0.1, -0.05) is 17.7 Å². The van der Waals surface area contributed by atoms with Gasteiger partial charge in [0.15, 0.2) is 0 Å². The van der Waals surface area contributed by atoms with Crippen molar-refractivity contribution in [1.82, 2.24) is 4.90 Å². The van der Waals surface area contributed by atoms with Crippen LogP contribution in [0.1, 0.15) is 31.7 Å².